The number of anilines is 3. The Bertz CT molecular complexity index is 3780. The van der Waals surface area contributed by atoms with Crippen LogP contribution in [0.2, 0.25) is 0 Å². The van der Waals surface area contributed by atoms with Crippen LogP contribution >= 0.6 is 11.3 Å². The highest BCUT2D eigenvalue weighted by Gasteiger charge is 2.46. The van der Waals surface area contributed by atoms with Gasteiger partial charge in [0.25, 0.3) is 0 Å². The fraction of sp³-hybridized carbons (Fsp3) is 0.0149. The molecule has 1 aromatic heterocycles. The van der Waals surface area contributed by atoms with Crippen molar-refractivity contribution in [2.24, 2.45) is 0 Å². The molecule has 0 atom stereocenters. The van der Waals surface area contributed by atoms with Crippen molar-refractivity contribution in [2.75, 3.05) is 4.90 Å². The van der Waals surface area contributed by atoms with E-state index in [4.69, 9.17) is 0 Å². The van der Waals surface area contributed by atoms with Gasteiger partial charge in [0.2, 0.25) is 0 Å². The molecule has 12 aromatic rings. The van der Waals surface area contributed by atoms with Gasteiger partial charge in [0.1, 0.15) is 0 Å². The Labute approximate surface area is 407 Å². The predicted molar refractivity (Wildman–Crippen MR) is 293 cm³/mol. The van der Waals surface area contributed by atoms with Crippen LogP contribution in [-0.2, 0) is 5.41 Å². The van der Waals surface area contributed by atoms with Crippen LogP contribution < -0.4 is 4.90 Å². The summed E-state index contributed by atoms with van der Waals surface area (Å²) in [4.78, 5) is 2.50. The van der Waals surface area contributed by atoms with Crippen molar-refractivity contribution >= 4 is 48.6 Å². The van der Waals surface area contributed by atoms with Gasteiger partial charge in [-0.3, -0.25) is 0 Å². The minimum absolute atomic E-state index is 0.500. The maximum atomic E-state index is 2.50. The van der Waals surface area contributed by atoms with Crippen molar-refractivity contribution < 1.29 is 0 Å². The highest BCUT2D eigenvalue weighted by molar-refractivity contribution is 7.26. The lowest BCUT2D eigenvalue weighted by molar-refractivity contribution is 0.768. The lowest BCUT2D eigenvalue weighted by Crippen LogP contribution is -2.28. The highest BCUT2D eigenvalue weighted by atomic mass is 32.1. The van der Waals surface area contributed by atoms with E-state index in [2.05, 4.69) is 278 Å². The van der Waals surface area contributed by atoms with E-state index in [9.17, 15) is 0 Å². The average Bonchev–Trinajstić information content (AvgIpc) is 3.96. The molecule has 2 heteroatoms. The molecule has 0 fully saturated rings. The fourth-order valence-electron chi connectivity index (χ4n) is 11.2. The Hall–Kier alpha value is -8.56. The Balaban J connectivity index is 1.07. The van der Waals surface area contributed by atoms with Gasteiger partial charge in [0.05, 0.1) is 11.1 Å². The molecule has 13 rings (SSSR count). The van der Waals surface area contributed by atoms with E-state index >= 15 is 0 Å². The van der Waals surface area contributed by atoms with E-state index in [1.807, 2.05) is 11.3 Å². The summed E-state index contributed by atoms with van der Waals surface area (Å²) in [5.74, 6) is 0. The third kappa shape index (κ3) is 6.67. The van der Waals surface area contributed by atoms with Crippen LogP contribution in [0.25, 0.3) is 75.8 Å². The maximum Gasteiger partial charge on any atom is 0.0713 e. The van der Waals surface area contributed by atoms with Gasteiger partial charge in [-0.2, -0.15) is 0 Å². The van der Waals surface area contributed by atoms with Crippen LogP contribution in [0.4, 0.5) is 17.1 Å². The summed E-state index contributed by atoms with van der Waals surface area (Å²) in [6.07, 6.45) is 0. The van der Waals surface area contributed by atoms with Crippen molar-refractivity contribution in [3.63, 3.8) is 0 Å². The van der Waals surface area contributed by atoms with Gasteiger partial charge >= 0.3 is 0 Å². The smallest absolute Gasteiger partial charge is 0.0713 e. The molecular weight excluding hydrogens is 851 g/mol. The first-order chi connectivity index (χ1) is 34.3. The number of hydrogen-bond acceptors (Lipinski definition) is 2. The molecule has 0 spiro atoms. The third-order valence-electron chi connectivity index (χ3n) is 14.2. The van der Waals surface area contributed by atoms with Crippen molar-refractivity contribution in [3.05, 3.63) is 295 Å². The number of benzene rings is 11. The highest BCUT2D eigenvalue weighted by Crippen LogP contribution is 2.58. The quantitative estimate of drug-likeness (QED) is 0.140. The minimum atomic E-state index is -0.500. The standard InChI is InChI=1S/C67H45NS/c1-5-21-46(22-6-1)53-29-13-14-32-58(53)65-54(47-23-7-2-8-24-47)33-20-37-63(65)68(51-41-39-48(40-42-51)55-34-19-35-59-57-31-16-18-38-64(57)69-66(55)59)52-43-44-62-60(45-52)56-30-15-17-36-61(56)67(62,49-25-9-3-10-26-49)50-27-11-4-12-28-50/h1-45H. The zero-order valence-corrected chi connectivity index (χ0v) is 38.7. The molecule has 11 aromatic carbocycles. The molecular formula is C67H45NS. The number of rotatable bonds is 9. The molecule has 1 aliphatic rings. The third-order valence-corrected chi connectivity index (χ3v) is 15.4. The molecule has 1 aliphatic carbocycles. The van der Waals surface area contributed by atoms with Gasteiger partial charge < -0.3 is 4.90 Å². The Morgan fingerprint density at radius 3 is 1.51 bits per heavy atom. The van der Waals surface area contributed by atoms with Crippen LogP contribution in [0.5, 0.6) is 0 Å². The van der Waals surface area contributed by atoms with Crippen molar-refractivity contribution in [2.45, 2.75) is 5.41 Å². The summed E-state index contributed by atoms with van der Waals surface area (Å²) in [5.41, 5.74) is 19.8. The summed E-state index contributed by atoms with van der Waals surface area (Å²) in [6, 6.07) is 101. The first kappa shape index (κ1) is 40.7. The molecule has 0 aliphatic heterocycles. The van der Waals surface area contributed by atoms with Gasteiger partial charge in [-0.25, -0.2) is 0 Å². The Morgan fingerprint density at radius 2 is 0.797 bits per heavy atom. The molecule has 1 nitrogen and oxygen atoms in total. The topological polar surface area (TPSA) is 3.24 Å². The van der Waals surface area contributed by atoms with Gasteiger partial charge in [0.15, 0.2) is 0 Å². The van der Waals surface area contributed by atoms with Crippen LogP contribution in [0.15, 0.2) is 273 Å². The average molecular weight is 896 g/mol. The van der Waals surface area contributed by atoms with Gasteiger partial charge in [-0.05, 0) is 109 Å². The van der Waals surface area contributed by atoms with Crippen molar-refractivity contribution in [1.29, 1.82) is 0 Å². The minimum Gasteiger partial charge on any atom is -0.310 e. The molecule has 0 N–H and O–H groups in total. The molecule has 324 valence electrons. The molecule has 0 saturated heterocycles. The molecule has 0 radical (unpaired) electrons. The van der Waals surface area contributed by atoms with Crippen LogP contribution in [0, 0.1) is 0 Å². The number of hydrogen-bond donors (Lipinski definition) is 0. The largest absolute Gasteiger partial charge is 0.310 e. The molecule has 69 heavy (non-hydrogen) atoms. The number of nitrogens with zero attached hydrogens (tertiary/aromatic N) is 1. The lowest BCUT2D eigenvalue weighted by Gasteiger charge is -2.34. The molecule has 1 heterocycles. The van der Waals surface area contributed by atoms with E-state index in [0.29, 0.717) is 0 Å². The Morgan fingerprint density at radius 1 is 0.304 bits per heavy atom. The lowest BCUT2D eigenvalue weighted by atomic mass is 9.68. The van der Waals surface area contributed by atoms with E-state index in [-0.39, 0.29) is 0 Å². The van der Waals surface area contributed by atoms with E-state index in [1.54, 1.807) is 0 Å². The second-order valence-corrected chi connectivity index (χ2v) is 18.9. The summed E-state index contributed by atoms with van der Waals surface area (Å²) in [6.45, 7) is 0. The van der Waals surface area contributed by atoms with Crippen LogP contribution in [-0.4, -0.2) is 0 Å². The van der Waals surface area contributed by atoms with Crippen molar-refractivity contribution in [3.8, 4) is 55.6 Å². The number of thiophene rings is 1. The van der Waals surface area contributed by atoms with Crippen molar-refractivity contribution in [1.82, 2.24) is 0 Å². The normalized spacial score (nSPS) is 12.5. The summed E-state index contributed by atoms with van der Waals surface area (Å²) < 4.78 is 2.63. The van der Waals surface area contributed by atoms with Gasteiger partial charge in [-0.15, -0.1) is 11.3 Å². The second-order valence-electron chi connectivity index (χ2n) is 17.9. The molecule has 0 amide bonds. The molecule has 0 unspecified atom stereocenters. The molecule has 0 saturated carbocycles. The zero-order valence-electron chi connectivity index (χ0n) is 37.8. The van der Waals surface area contributed by atoms with E-state index in [1.165, 1.54) is 98.1 Å². The Kier molecular flexibility index (Phi) is 10.00. The van der Waals surface area contributed by atoms with E-state index in [0.717, 1.165) is 17.1 Å². The van der Waals surface area contributed by atoms with Crippen LogP contribution in [0.1, 0.15) is 22.3 Å². The SMILES string of the molecule is c1ccc(-c2ccccc2-c2c(-c3ccccc3)cccc2N(c2ccc(-c3cccc4c3sc3ccccc34)cc2)c2ccc3c(c2)-c2ccccc2C3(c2ccccc2)c2ccccc2)cc1. The summed E-state index contributed by atoms with van der Waals surface area (Å²) in [7, 11) is 0. The first-order valence-electron chi connectivity index (χ1n) is 23.8. The molecule has 0 bridgehead atoms. The van der Waals surface area contributed by atoms with Gasteiger partial charge in [-0.1, -0.05) is 237 Å². The fourth-order valence-corrected chi connectivity index (χ4v) is 12.4. The van der Waals surface area contributed by atoms with Gasteiger partial charge in [0, 0.05) is 37.1 Å². The van der Waals surface area contributed by atoms with Crippen LogP contribution in [0.3, 0.4) is 0 Å². The summed E-state index contributed by atoms with van der Waals surface area (Å²) in [5, 5.41) is 2.62. The number of fused-ring (bicyclic) bond motifs is 6. The monoisotopic (exact) mass is 895 g/mol. The predicted octanol–water partition coefficient (Wildman–Crippen LogP) is 18.6. The second kappa shape index (κ2) is 16.9. The summed E-state index contributed by atoms with van der Waals surface area (Å²) >= 11 is 1.88. The zero-order chi connectivity index (χ0) is 45.7. The first-order valence-corrected chi connectivity index (χ1v) is 24.6. The maximum absolute atomic E-state index is 2.50. The van der Waals surface area contributed by atoms with E-state index < -0.39 is 5.41 Å².